The molecule has 0 spiro atoms. The maximum Gasteiger partial charge on any atom is 0.326 e. The van der Waals surface area contributed by atoms with Gasteiger partial charge in [-0.05, 0) is 30.5 Å². The quantitative estimate of drug-likeness (QED) is 0.756. The molecule has 0 unspecified atom stereocenters. The molecule has 0 bridgehead atoms. The van der Waals surface area contributed by atoms with Crippen LogP contribution in [0.15, 0.2) is 18.2 Å². The van der Waals surface area contributed by atoms with Crippen molar-refractivity contribution < 1.29 is 23.9 Å². The smallest absolute Gasteiger partial charge is 0.326 e. The van der Waals surface area contributed by atoms with Crippen LogP contribution in [0.25, 0.3) is 0 Å². The Morgan fingerprint density at radius 2 is 2.12 bits per heavy atom. The van der Waals surface area contributed by atoms with Gasteiger partial charge in [0.25, 0.3) is 0 Å². The van der Waals surface area contributed by atoms with E-state index in [1.54, 1.807) is 13.8 Å². The molecule has 1 aromatic carbocycles. The monoisotopic (exact) mass is 384 g/mol. The standard InChI is InChI=1S/C18H22ClFN2O4/c1-10(2)17(18(25)26)21-15(23)8-13-4-6-16(24)22(13)9-11-7-12(19)3-5-14(11)20/h3,5,7,10,13,17H,4,6,8-9H2,1-2H3,(H,21,23)(H,25,26)/t13-,17-/m0/s1. The van der Waals surface area contributed by atoms with E-state index in [1.165, 1.54) is 23.1 Å². The second kappa shape index (κ2) is 8.49. The van der Waals surface area contributed by atoms with Crippen LogP contribution >= 0.6 is 11.6 Å². The Labute approximate surface area is 156 Å². The Morgan fingerprint density at radius 1 is 1.42 bits per heavy atom. The molecule has 2 amide bonds. The highest BCUT2D eigenvalue weighted by atomic mass is 35.5. The van der Waals surface area contributed by atoms with Gasteiger partial charge in [-0.3, -0.25) is 9.59 Å². The normalized spacial score (nSPS) is 18.3. The fourth-order valence-corrected chi connectivity index (χ4v) is 3.23. The van der Waals surface area contributed by atoms with Crippen molar-refractivity contribution in [1.82, 2.24) is 10.2 Å². The Balaban J connectivity index is 2.06. The number of amides is 2. The first kappa shape index (κ1) is 20.2. The van der Waals surface area contributed by atoms with Gasteiger partial charge in [0.2, 0.25) is 11.8 Å². The predicted octanol–water partition coefficient (Wildman–Crippen LogP) is 2.59. The second-order valence-corrected chi connectivity index (χ2v) is 7.22. The molecule has 8 heteroatoms. The van der Waals surface area contributed by atoms with Crippen molar-refractivity contribution in [2.24, 2.45) is 5.92 Å². The molecule has 0 aliphatic carbocycles. The summed E-state index contributed by atoms with van der Waals surface area (Å²) < 4.78 is 13.9. The molecule has 6 nitrogen and oxygen atoms in total. The Hall–Kier alpha value is -2.15. The van der Waals surface area contributed by atoms with Crippen molar-refractivity contribution in [3.63, 3.8) is 0 Å². The van der Waals surface area contributed by atoms with E-state index >= 15 is 0 Å². The van der Waals surface area contributed by atoms with Gasteiger partial charge in [0, 0.05) is 36.0 Å². The minimum atomic E-state index is -1.10. The molecule has 142 valence electrons. The summed E-state index contributed by atoms with van der Waals surface area (Å²) in [5.74, 6) is -2.45. The van der Waals surface area contributed by atoms with E-state index in [0.29, 0.717) is 11.4 Å². The Kier molecular flexibility index (Phi) is 6.58. The molecule has 2 rings (SSSR count). The molecule has 2 N–H and O–H groups in total. The zero-order valence-electron chi connectivity index (χ0n) is 14.7. The van der Waals surface area contributed by atoms with Gasteiger partial charge in [0.05, 0.1) is 0 Å². The molecule has 1 fully saturated rings. The first-order valence-corrected chi connectivity index (χ1v) is 8.82. The highest BCUT2D eigenvalue weighted by molar-refractivity contribution is 6.30. The number of aliphatic carboxylic acids is 1. The fourth-order valence-electron chi connectivity index (χ4n) is 3.03. The Bertz CT molecular complexity index is 710. The van der Waals surface area contributed by atoms with Crippen LogP contribution in [-0.4, -0.2) is 39.9 Å². The van der Waals surface area contributed by atoms with Gasteiger partial charge < -0.3 is 15.3 Å². The first-order valence-electron chi connectivity index (χ1n) is 8.44. The maximum absolute atomic E-state index is 13.9. The summed E-state index contributed by atoms with van der Waals surface area (Å²) in [5.41, 5.74) is 0.281. The van der Waals surface area contributed by atoms with Crippen LogP contribution in [0.2, 0.25) is 5.02 Å². The van der Waals surface area contributed by atoms with Crippen molar-refractivity contribution in [2.45, 2.75) is 51.7 Å². The molecule has 2 atom stereocenters. The third kappa shape index (κ3) is 4.94. The van der Waals surface area contributed by atoms with Crippen LogP contribution in [-0.2, 0) is 20.9 Å². The number of carbonyl (C=O) groups excluding carboxylic acids is 2. The minimum absolute atomic E-state index is 0.0234. The summed E-state index contributed by atoms with van der Waals surface area (Å²) in [6.45, 7) is 3.43. The fraction of sp³-hybridized carbons (Fsp3) is 0.500. The summed E-state index contributed by atoms with van der Waals surface area (Å²) in [4.78, 5) is 37.1. The van der Waals surface area contributed by atoms with E-state index in [0.717, 1.165) is 0 Å². The van der Waals surface area contributed by atoms with Gasteiger partial charge in [-0.15, -0.1) is 0 Å². The lowest BCUT2D eigenvalue weighted by Gasteiger charge is -2.26. The topological polar surface area (TPSA) is 86.7 Å². The van der Waals surface area contributed by atoms with E-state index in [4.69, 9.17) is 16.7 Å². The van der Waals surface area contributed by atoms with Crippen molar-refractivity contribution >= 4 is 29.4 Å². The van der Waals surface area contributed by atoms with Crippen molar-refractivity contribution in [2.75, 3.05) is 0 Å². The Morgan fingerprint density at radius 3 is 2.73 bits per heavy atom. The van der Waals surface area contributed by atoms with Gasteiger partial charge in [-0.1, -0.05) is 25.4 Å². The lowest BCUT2D eigenvalue weighted by atomic mass is 10.0. The number of carbonyl (C=O) groups is 3. The van der Waals surface area contributed by atoms with Crippen LogP contribution < -0.4 is 5.32 Å². The summed E-state index contributed by atoms with van der Waals surface area (Å²) in [5, 5.41) is 12.0. The van der Waals surface area contributed by atoms with Gasteiger partial charge >= 0.3 is 5.97 Å². The number of rotatable bonds is 7. The SMILES string of the molecule is CC(C)[C@H](NC(=O)C[C@@H]1CCC(=O)N1Cc1cc(Cl)ccc1F)C(=O)O. The molecule has 0 saturated carbocycles. The number of nitrogens with one attached hydrogen (secondary N) is 1. The number of hydrogen-bond acceptors (Lipinski definition) is 3. The highest BCUT2D eigenvalue weighted by Gasteiger charge is 2.34. The van der Waals surface area contributed by atoms with E-state index < -0.39 is 29.8 Å². The van der Waals surface area contributed by atoms with Crippen molar-refractivity contribution in [1.29, 1.82) is 0 Å². The molecule has 1 aromatic rings. The molecule has 1 aliphatic heterocycles. The van der Waals surface area contributed by atoms with E-state index in [9.17, 15) is 18.8 Å². The number of likely N-dealkylation sites (tertiary alicyclic amines) is 1. The second-order valence-electron chi connectivity index (χ2n) is 6.78. The third-order valence-electron chi connectivity index (χ3n) is 4.47. The molecule has 26 heavy (non-hydrogen) atoms. The van der Waals surface area contributed by atoms with Crippen LogP contribution in [0.4, 0.5) is 4.39 Å². The number of carboxylic acid groups (broad SMARTS) is 1. The van der Waals surface area contributed by atoms with Gasteiger partial charge in [-0.25, -0.2) is 9.18 Å². The van der Waals surface area contributed by atoms with Crippen LogP contribution in [0.5, 0.6) is 0 Å². The zero-order valence-corrected chi connectivity index (χ0v) is 15.4. The molecule has 1 aliphatic rings. The summed E-state index contributed by atoms with van der Waals surface area (Å²) in [6.07, 6.45) is 0.713. The maximum atomic E-state index is 13.9. The number of benzene rings is 1. The summed E-state index contributed by atoms with van der Waals surface area (Å²) in [7, 11) is 0. The minimum Gasteiger partial charge on any atom is -0.480 e. The van der Waals surface area contributed by atoms with E-state index in [-0.39, 0.29) is 36.8 Å². The summed E-state index contributed by atoms with van der Waals surface area (Å²) in [6, 6.07) is 2.73. The molecular weight excluding hydrogens is 363 g/mol. The number of carboxylic acids is 1. The third-order valence-corrected chi connectivity index (χ3v) is 4.71. The van der Waals surface area contributed by atoms with Crippen molar-refractivity contribution in [3.05, 3.63) is 34.6 Å². The van der Waals surface area contributed by atoms with E-state index in [2.05, 4.69) is 5.32 Å². The first-order chi connectivity index (χ1) is 12.2. The lowest BCUT2D eigenvalue weighted by Crippen LogP contribution is -2.46. The highest BCUT2D eigenvalue weighted by Crippen LogP contribution is 2.26. The summed E-state index contributed by atoms with van der Waals surface area (Å²) >= 11 is 5.89. The van der Waals surface area contributed by atoms with E-state index in [1.807, 2.05) is 0 Å². The molecule has 1 heterocycles. The van der Waals surface area contributed by atoms with Crippen LogP contribution in [0.1, 0.15) is 38.7 Å². The predicted molar refractivity (Wildman–Crippen MR) is 94.0 cm³/mol. The molecule has 0 radical (unpaired) electrons. The lowest BCUT2D eigenvalue weighted by molar-refractivity contribution is -0.143. The van der Waals surface area contributed by atoms with Crippen LogP contribution in [0.3, 0.4) is 0 Å². The van der Waals surface area contributed by atoms with Gasteiger partial charge in [0.15, 0.2) is 0 Å². The van der Waals surface area contributed by atoms with Gasteiger partial charge in [-0.2, -0.15) is 0 Å². The largest absolute Gasteiger partial charge is 0.480 e. The molecule has 1 saturated heterocycles. The average Bonchev–Trinajstić information content (AvgIpc) is 2.88. The number of nitrogens with zero attached hydrogens (tertiary/aromatic N) is 1. The van der Waals surface area contributed by atoms with Crippen molar-refractivity contribution in [3.8, 4) is 0 Å². The average molecular weight is 385 g/mol. The number of halogens is 2. The number of hydrogen-bond donors (Lipinski definition) is 2. The molecule has 0 aromatic heterocycles. The zero-order chi connectivity index (χ0) is 19.4. The van der Waals surface area contributed by atoms with Crippen LogP contribution in [0, 0.1) is 11.7 Å². The van der Waals surface area contributed by atoms with Gasteiger partial charge in [0.1, 0.15) is 11.9 Å². The molecular formula is C18H22ClFN2O4.